The van der Waals surface area contributed by atoms with Gasteiger partial charge in [0.25, 0.3) is 5.91 Å². The van der Waals surface area contributed by atoms with Gasteiger partial charge in [0.05, 0.1) is 0 Å². The van der Waals surface area contributed by atoms with Crippen molar-refractivity contribution in [2.45, 2.75) is 77.3 Å². The lowest BCUT2D eigenvalue weighted by Gasteiger charge is -2.58. The summed E-state index contributed by atoms with van der Waals surface area (Å²) < 4.78 is 1.02. The minimum Gasteiger partial charge on any atom is -0.338 e. The molecule has 0 N–H and O–H groups in total. The van der Waals surface area contributed by atoms with E-state index in [1.165, 1.54) is 45.1 Å². The predicted molar refractivity (Wildman–Crippen MR) is 142 cm³/mol. The van der Waals surface area contributed by atoms with Gasteiger partial charge in [0.15, 0.2) is 0 Å². The molecule has 184 valence electrons. The number of carbonyl (C=O) groups is 1. The molecule has 1 aromatic rings. The van der Waals surface area contributed by atoms with Crippen molar-refractivity contribution < 1.29 is 4.79 Å². The number of halogens is 1. The topological polar surface area (TPSA) is 23.6 Å². The summed E-state index contributed by atoms with van der Waals surface area (Å²) in [6.45, 7) is 6.42. The summed E-state index contributed by atoms with van der Waals surface area (Å²) in [6.07, 6.45) is 13.2. The van der Waals surface area contributed by atoms with Gasteiger partial charge in [-0.25, -0.2) is 0 Å². The number of amides is 1. The molecule has 1 aliphatic heterocycles. The number of likely N-dealkylation sites (tertiary alicyclic amines) is 1. The number of allylic oxidation sites excluding steroid dienone is 1. The summed E-state index contributed by atoms with van der Waals surface area (Å²) in [7, 11) is 4.39. The number of hydrogen-bond donors (Lipinski definition) is 0. The molecule has 34 heavy (non-hydrogen) atoms. The van der Waals surface area contributed by atoms with Crippen molar-refractivity contribution in [3.63, 3.8) is 0 Å². The Morgan fingerprint density at radius 3 is 2.56 bits per heavy atom. The third kappa shape index (κ3) is 3.26. The Hall–Kier alpha value is -1.13. The maximum absolute atomic E-state index is 13.2. The molecule has 4 heteroatoms. The molecule has 1 heterocycles. The zero-order chi connectivity index (χ0) is 23.8. The van der Waals surface area contributed by atoms with Gasteiger partial charge in [-0.2, -0.15) is 0 Å². The highest BCUT2D eigenvalue weighted by Gasteiger charge is 2.64. The normalized spacial score (nSPS) is 43.4. The van der Waals surface area contributed by atoms with Crippen molar-refractivity contribution in [1.82, 2.24) is 9.80 Å². The van der Waals surface area contributed by atoms with Crippen molar-refractivity contribution in [3.05, 3.63) is 46.0 Å². The van der Waals surface area contributed by atoms with Gasteiger partial charge in [-0.1, -0.05) is 34.5 Å². The number of rotatable bonds is 2. The van der Waals surface area contributed by atoms with Gasteiger partial charge in [-0.15, -0.1) is 0 Å². The number of benzene rings is 1. The Balaban J connectivity index is 1.21. The fourth-order valence-electron chi connectivity index (χ4n) is 9.74. The van der Waals surface area contributed by atoms with Crippen LogP contribution in [0.15, 0.2) is 40.4 Å². The summed E-state index contributed by atoms with van der Waals surface area (Å²) in [5.41, 5.74) is 3.41. The van der Waals surface area contributed by atoms with Crippen molar-refractivity contribution in [2.75, 3.05) is 20.6 Å². The highest BCUT2D eigenvalue weighted by molar-refractivity contribution is 9.10. The maximum Gasteiger partial charge on any atom is 0.253 e. The second-order valence-corrected chi connectivity index (χ2v) is 13.6. The smallest absolute Gasteiger partial charge is 0.253 e. The fourth-order valence-corrected chi connectivity index (χ4v) is 10.0. The average molecular weight is 526 g/mol. The summed E-state index contributed by atoms with van der Waals surface area (Å²) in [4.78, 5) is 17.9. The summed E-state index contributed by atoms with van der Waals surface area (Å²) >= 11 is 3.48. The molecule has 1 aromatic carbocycles. The van der Waals surface area contributed by atoms with Gasteiger partial charge in [-0.3, -0.25) is 4.79 Å². The van der Waals surface area contributed by atoms with Crippen LogP contribution >= 0.6 is 15.9 Å². The molecular weight excluding hydrogens is 484 g/mol. The molecule has 1 unspecified atom stereocenters. The van der Waals surface area contributed by atoms with E-state index in [0.29, 0.717) is 16.9 Å². The molecule has 0 bridgehead atoms. The number of carbonyl (C=O) groups excluding carboxylic acids is 1. The molecule has 5 aliphatic rings. The first-order valence-electron chi connectivity index (χ1n) is 13.7. The van der Waals surface area contributed by atoms with Crippen LogP contribution in [0.5, 0.6) is 0 Å². The number of fused-ring (bicyclic) bond motifs is 4. The minimum absolute atomic E-state index is 0.159. The van der Waals surface area contributed by atoms with Crippen LogP contribution in [0, 0.1) is 34.5 Å². The molecule has 1 amide bonds. The quantitative estimate of drug-likeness (QED) is 0.398. The lowest BCUT2D eigenvalue weighted by molar-refractivity contribution is -0.0430. The standard InChI is InChI=1S/C30H41BrN2O/c1-19-25-11-12-27-24-10-7-21-17-23(33(4)28(34)20-5-8-22(31)9-6-20)13-15-29(21,2)26(24)14-16-30(25,27)18-32(19)3/h5-9,19,23-27H,10-18H2,1-4H3/t19-,23-,24+,25+,26?,27-,29-,30-/m0/s1. The molecule has 6 rings (SSSR count). The molecule has 4 fully saturated rings. The van der Waals surface area contributed by atoms with Gasteiger partial charge < -0.3 is 9.80 Å². The SMILES string of the molecule is C[C@H]1[C@H]2CC[C@H]3[C@@H]4CC=C5C[C@@H](N(C)C(=O)c6ccc(Br)cc6)CC[C@]5(C)C4CC[C@]23CN1C. The second kappa shape index (κ2) is 8.20. The zero-order valence-electron chi connectivity index (χ0n) is 21.4. The van der Waals surface area contributed by atoms with Crippen molar-refractivity contribution in [2.24, 2.45) is 34.5 Å². The fraction of sp³-hybridized carbons (Fsp3) is 0.700. The van der Waals surface area contributed by atoms with E-state index in [-0.39, 0.29) is 5.91 Å². The molecule has 4 aliphatic carbocycles. The van der Waals surface area contributed by atoms with Crippen LogP contribution in [0.2, 0.25) is 0 Å². The van der Waals surface area contributed by atoms with Crippen LogP contribution < -0.4 is 0 Å². The molecule has 8 atom stereocenters. The molecule has 3 saturated carbocycles. The van der Waals surface area contributed by atoms with E-state index in [9.17, 15) is 4.79 Å². The summed E-state index contributed by atoms with van der Waals surface area (Å²) in [5.74, 6) is 3.74. The van der Waals surface area contributed by atoms with Crippen LogP contribution in [-0.4, -0.2) is 48.4 Å². The highest BCUT2D eigenvalue weighted by atomic mass is 79.9. The second-order valence-electron chi connectivity index (χ2n) is 12.7. The van der Waals surface area contributed by atoms with Gasteiger partial charge in [0.1, 0.15) is 0 Å². The Labute approximate surface area is 214 Å². The number of nitrogens with zero attached hydrogens (tertiary/aromatic N) is 2. The molecule has 1 saturated heterocycles. The van der Waals surface area contributed by atoms with Gasteiger partial charge in [-0.05, 0) is 124 Å². The van der Waals surface area contributed by atoms with E-state index in [1.54, 1.807) is 5.57 Å². The third-order valence-corrected chi connectivity index (χ3v) is 12.2. The van der Waals surface area contributed by atoms with Crippen LogP contribution in [0.3, 0.4) is 0 Å². The monoisotopic (exact) mass is 524 g/mol. The lowest BCUT2D eigenvalue weighted by atomic mass is 9.47. The van der Waals surface area contributed by atoms with Crippen LogP contribution in [-0.2, 0) is 0 Å². The van der Waals surface area contributed by atoms with E-state index >= 15 is 0 Å². The Morgan fingerprint density at radius 1 is 1.06 bits per heavy atom. The van der Waals surface area contributed by atoms with Crippen LogP contribution in [0.25, 0.3) is 0 Å². The van der Waals surface area contributed by atoms with E-state index in [1.807, 2.05) is 36.2 Å². The molecule has 0 aromatic heterocycles. The highest BCUT2D eigenvalue weighted by Crippen LogP contribution is 2.68. The Kier molecular flexibility index (Phi) is 5.61. The largest absolute Gasteiger partial charge is 0.338 e. The van der Waals surface area contributed by atoms with Gasteiger partial charge in [0, 0.05) is 35.7 Å². The van der Waals surface area contributed by atoms with E-state index in [2.05, 4.69) is 47.8 Å². The van der Waals surface area contributed by atoms with Crippen molar-refractivity contribution >= 4 is 21.8 Å². The maximum atomic E-state index is 13.2. The van der Waals surface area contributed by atoms with Gasteiger partial charge in [0.2, 0.25) is 0 Å². The molecule has 3 nitrogen and oxygen atoms in total. The lowest BCUT2D eigenvalue weighted by Crippen LogP contribution is -2.53. The molecular formula is C30H41BrN2O. The Bertz CT molecular complexity index is 1000. The third-order valence-electron chi connectivity index (χ3n) is 11.6. The van der Waals surface area contributed by atoms with E-state index < -0.39 is 0 Å². The first-order chi connectivity index (χ1) is 16.2. The van der Waals surface area contributed by atoms with Crippen molar-refractivity contribution in [1.29, 1.82) is 0 Å². The van der Waals surface area contributed by atoms with E-state index in [0.717, 1.165) is 52.6 Å². The average Bonchev–Trinajstić information content (AvgIpc) is 3.31. The van der Waals surface area contributed by atoms with Crippen LogP contribution in [0.4, 0.5) is 0 Å². The molecule has 1 spiro atoms. The van der Waals surface area contributed by atoms with E-state index in [4.69, 9.17) is 0 Å². The van der Waals surface area contributed by atoms with Gasteiger partial charge >= 0.3 is 0 Å². The zero-order valence-corrected chi connectivity index (χ0v) is 23.0. The first kappa shape index (κ1) is 23.3. The number of hydrogen-bond acceptors (Lipinski definition) is 2. The summed E-state index contributed by atoms with van der Waals surface area (Å²) in [5, 5.41) is 0. The van der Waals surface area contributed by atoms with Crippen LogP contribution in [0.1, 0.15) is 75.6 Å². The molecule has 0 radical (unpaired) electrons. The summed E-state index contributed by atoms with van der Waals surface area (Å²) in [6, 6.07) is 8.90. The first-order valence-corrected chi connectivity index (χ1v) is 14.5. The minimum atomic E-state index is 0.159. The van der Waals surface area contributed by atoms with Crippen molar-refractivity contribution in [3.8, 4) is 0 Å². The predicted octanol–water partition coefficient (Wildman–Crippen LogP) is 6.78. The Morgan fingerprint density at radius 2 is 1.79 bits per heavy atom.